The Bertz CT molecular complexity index is 971. The second-order valence-corrected chi connectivity index (χ2v) is 9.28. The summed E-state index contributed by atoms with van der Waals surface area (Å²) in [6, 6.07) is 12.9. The van der Waals surface area contributed by atoms with Crippen LogP contribution in [0.4, 0.5) is 0 Å². The van der Waals surface area contributed by atoms with E-state index in [2.05, 4.69) is 49.9 Å². The average Bonchev–Trinajstić information content (AvgIpc) is 2.76. The van der Waals surface area contributed by atoms with E-state index in [1.807, 2.05) is 12.3 Å². The number of benzene rings is 1. The lowest BCUT2D eigenvalue weighted by Crippen LogP contribution is -2.51. The summed E-state index contributed by atoms with van der Waals surface area (Å²) in [5.74, 6) is 1.73. The number of piperidine rings is 1. The van der Waals surface area contributed by atoms with Gasteiger partial charge in [-0.3, -0.25) is 15.4 Å². The molecule has 5 heteroatoms. The van der Waals surface area contributed by atoms with Crippen LogP contribution in [0.15, 0.2) is 42.6 Å². The van der Waals surface area contributed by atoms with Crippen molar-refractivity contribution < 1.29 is 4.74 Å². The predicted octanol–water partition coefficient (Wildman–Crippen LogP) is 5.81. The van der Waals surface area contributed by atoms with E-state index in [1.54, 1.807) is 10.6 Å². The van der Waals surface area contributed by atoms with Crippen LogP contribution in [0.1, 0.15) is 88.9 Å². The molecule has 4 atom stereocenters. The van der Waals surface area contributed by atoms with E-state index in [0.29, 0.717) is 29.4 Å². The van der Waals surface area contributed by atoms with Gasteiger partial charge in [-0.05, 0) is 81.5 Å². The second kappa shape index (κ2) is 9.29. The molecule has 2 aliphatic rings. The molecule has 166 valence electrons. The molecule has 2 heterocycles. The number of rotatable bonds is 4. The fourth-order valence-corrected chi connectivity index (χ4v) is 5.46. The maximum atomic E-state index is 8.85. The maximum Gasteiger partial charge on any atom is 0.204 e. The molecule has 0 spiro atoms. The van der Waals surface area contributed by atoms with E-state index in [9.17, 15) is 0 Å². The molecule has 0 amide bonds. The SMILES string of the molecule is CCC[C@H]1CCC(Oc2ccc(=N)n(C(=N)N3C(C)CCCC3C)c2)c2ccccc21. The van der Waals surface area contributed by atoms with Crippen molar-refractivity contribution in [3.8, 4) is 5.75 Å². The van der Waals surface area contributed by atoms with E-state index in [1.165, 1.54) is 30.4 Å². The van der Waals surface area contributed by atoms with Crippen molar-refractivity contribution in [2.45, 2.75) is 89.8 Å². The van der Waals surface area contributed by atoms with E-state index < -0.39 is 0 Å². The highest BCUT2D eigenvalue weighted by Crippen LogP contribution is 2.41. The van der Waals surface area contributed by atoms with Crippen molar-refractivity contribution in [2.24, 2.45) is 0 Å². The van der Waals surface area contributed by atoms with E-state index in [0.717, 1.165) is 31.4 Å². The molecular weight excluding hydrogens is 384 g/mol. The fraction of sp³-hybridized carbons (Fsp3) is 0.538. The summed E-state index contributed by atoms with van der Waals surface area (Å²) >= 11 is 0. The first kappa shape index (κ1) is 21.7. The summed E-state index contributed by atoms with van der Waals surface area (Å²) in [6.45, 7) is 6.62. The maximum absolute atomic E-state index is 8.85. The lowest BCUT2D eigenvalue weighted by Gasteiger charge is -2.41. The van der Waals surface area contributed by atoms with Crippen LogP contribution in [0.25, 0.3) is 0 Å². The summed E-state index contributed by atoms with van der Waals surface area (Å²) < 4.78 is 8.14. The van der Waals surface area contributed by atoms with Crippen molar-refractivity contribution in [2.75, 3.05) is 0 Å². The smallest absolute Gasteiger partial charge is 0.204 e. The zero-order valence-electron chi connectivity index (χ0n) is 19.1. The molecule has 4 rings (SSSR count). The second-order valence-electron chi connectivity index (χ2n) is 9.28. The van der Waals surface area contributed by atoms with Crippen molar-refractivity contribution in [3.05, 3.63) is 59.2 Å². The first-order valence-corrected chi connectivity index (χ1v) is 11.9. The molecule has 1 saturated heterocycles. The van der Waals surface area contributed by atoms with Crippen LogP contribution in [0.2, 0.25) is 0 Å². The van der Waals surface area contributed by atoms with Gasteiger partial charge in [-0.25, -0.2) is 0 Å². The molecule has 5 nitrogen and oxygen atoms in total. The largest absolute Gasteiger partial charge is 0.484 e. The van der Waals surface area contributed by atoms with Gasteiger partial charge in [-0.1, -0.05) is 37.6 Å². The van der Waals surface area contributed by atoms with Crippen molar-refractivity contribution in [1.82, 2.24) is 9.47 Å². The molecule has 31 heavy (non-hydrogen) atoms. The number of pyridine rings is 1. The quantitative estimate of drug-likeness (QED) is 0.484. The molecule has 1 aromatic heterocycles. The molecule has 0 bridgehead atoms. The summed E-state index contributed by atoms with van der Waals surface area (Å²) in [6.07, 6.45) is 9.81. The molecule has 2 N–H and O–H groups in total. The van der Waals surface area contributed by atoms with Gasteiger partial charge in [-0.15, -0.1) is 0 Å². The highest BCUT2D eigenvalue weighted by molar-refractivity contribution is 5.80. The van der Waals surface area contributed by atoms with Crippen LogP contribution < -0.4 is 10.2 Å². The Balaban J connectivity index is 1.59. The Morgan fingerprint density at radius 1 is 1.00 bits per heavy atom. The number of hydrogen-bond acceptors (Lipinski definition) is 3. The Hall–Kier alpha value is -2.56. The van der Waals surface area contributed by atoms with Crippen LogP contribution in [0, 0.1) is 10.8 Å². The van der Waals surface area contributed by atoms with E-state index in [4.69, 9.17) is 15.6 Å². The summed E-state index contributed by atoms with van der Waals surface area (Å²) in [5, 5.41) is 17.2. The van der Waals surface area contributed by atoms with Crippen LogP contribution in [-0.2, 0) is 0 Å². The number of fused-ring (bicyclic) bond motifs is 1. The normalized spacial score (nSPS) is 25.7. The number of aromatic nitrogens is 1. The van der Waals surface area contributed by atoms with Gasteiger partial charge in [0.2, 0.25) is 5.96 Å². The van der Waals surface area contributed by atoms with Gasteiger partial charge in [-0.2, -0.15) is 0 Å². The van der Waals surface area contributed by atoms with Crippen molar-refractivity contribution in [1.29, 1.82) is 10.8 Å². The predicted molar refractivity (Wildman–Crippen MR) is 125 cm³/mol. The van der Waals surface area contributed by atoms with Gasteiger partial charge < -0.3 is 9.64 Å². The van der Waals surface area contributed by atoms with Crippen LogP contribution >= 0.6 is 0 Å². The van der Waals surface area contributed by atoms with E-state index in [-0.39, 0.29) is 6.10 Å². The van der Waals surface area contributed by atoms with Gasteiger partial charge in [0.1, 0.15) is 17.3 Å². The van der Waals surface area contributed by atoms with Gasteiger partial charge in [0.15, 0.2) is 0 Å². The number of nitrogens with one attached hydrogen (secondary N) is 2. The van der Waals surface area contributed by atoms with Crippen molar-refractivity contribution >= 4 is 5.96 Å². The third-order valence-corrected chi connectivity index (χ3v) is 7.06. The molecule has 1 aliphatic heterocycles. The Morgan fingerprint density at radius 2 is 1.71 bits per heavy atom. The number of likely N-dealkylation sites (tertiary alicyclic amines) is 1. The summed E-state index contributed by atoms with van der Waals surface area (Å²) in [5.41, 5.74) is 3.03. The first-order valence-electron chi connectivity index (χ1n) is 11.9. The molecule has 1 aromatic carbocycles. The zero-order valence-corrected chi connectivity index (χ0v) is 19.1. The van der Waals surface area contributed by atoms with Gasteiger partial charge in [0.25, 0.3) is 0 Å². The van der Waals surface area contributed by atoms with Crippen LogP contribution in [-0.4, -0.2) is 27.5 Å². The van der Waals surface area contributed by atoms with Gasteiger partial charge >= 0.3 is 0 Å². The summed E-state index contributed by atoms with van der Waals surface area (Å²) in [7, 11) is 0. The Labute approximate surface area is 186 Å². The first-order chi connectivity index (χ1) is 15.0. The number of nitrogens with zero attached hydrogens (tertiary/aromatic N) is 2. The highest BCUT2D eigenvalue weighted by atomic mass is 16.5. The lowest BCUT2D eigenvalue weighted by atomic mass is 9.79. The minimum atomic E-state index is 0.0244. The Morgan fingerprint density at radius 3 is 2.42 bits per heavy atom. The standard InChI is InChI=1S/C26H36N4O/c1-4-8-20-13-15-24(23-12-6-5-11-22(20)23)31-21-14-16-25(27)29(17-21)26(28)30-18(2)9-7-10-19(30)3/h5-6,11-12,14,16-20,24,27-28H,4,7-10,13,15H2,1-3H3/t18?,19?,20-,24?/m0/s1. The minimum absolute atomic E-state index is 0.0244. The molecule has 0 radical (unpaired) electrons. The Kier molecular flexibility index (Phi) is 6.49. The summed E-state index contributed by atoms with van der Waals surface area (Å²) in [4.78, 5) is 2.15. The van der Waals surface area contributed by atoms with Crippen LogP contribution in [0.5, 0.6) is 5.75 Å². The molecular formula is C26H36N4O. The fourth-order valence-electron chi connectivity index (χ4n) is 5.46. The molecule has 1 fully saturated rings. The van der Waals surface area contributed by atoms with E-state index >= 15 is 0 Å². The average molecular weight is 421 g/mol. The monoisotopic (exact) mass is 420 g/mol. The number of ether oxygens (including phenoxy) is 1. The molecule has 2 aromatic rings. The van der Waals surface area contributed by atoms with Gasteiger partial charge in [0.05, 0.1) is 6.20 Å². The number of hydrogen-bond donors (Lipinski definition) is 2. The third kappa shape index (κ3) is 4.41. The van der Waals surface area contributed by atoms with Crippen LogP contribution in [0.3, 0.4) is 0 Å². The molecule has 1 aliphatic carbocycles. The van der Waals surface area contributed by atoms with Gasteiger partial charge in [0, 0.05) is 12.1 Å². The zero-order chi connectivity index (χ0) is 22.0. The topological polar surface area (TPSA) is 65.1 Å². The lowest BCUT2D eigenvalue weighted by molar-refractivity contribution is 0.172. The molecule has 3 unspecified atom stereocenters. The molecule has 0 saturated carbocycles. The minimum Gasteiger partial charge on any atom is -0.484 e. The third-order valence-electron chi connectivity index (χ3n) is 7.06. The van der Waals surface area contributed by atoms with Crippen molar-refractivity contribution in [3.63, 3.8) is 0 Å². The highest BCUT2D eigenvalue weighted by Gasteiger charge is 2.29.